The van der Waals surface area contributed by atoms with E-state index in [2.05, 4.69) is 31.9 Å². The first kappa shape index (κ1) is 10.9. The topological polar surface area (TPSA) is 20.3 Å². The number of alkyl halides is 2. The van der Waals surface area contributed by atoms with Crippen LogP contribution in [-0.4, -0.2) is 27.1 Å². The predicted molar refractivity (Wildman–Crippen MR) is 63.7 cm³/mol. The van der Waals surface area contributed by atoms with Gasteiger partial charge in [-0.2, -0.15) is 0 Å². The molecule has 1 saturated carbocycles. The minimum Gasteiger partial charge on any atom is -0.342 e. The summed E-state index contributed by atoms with van der Waals surface area (Å²) in [6.45, 7) is 3.93. The Morgan fingerprint density at radius 3 is 2.14 bits per heavy atom. The summed E-state index contributed by atoms with van der Waals surface area (Å²) in [5.41, 5.74) is -0.218. The summed E-state index contributed by atoms with van der Waals surface area (Å²) in [5.74, 6) is 0.311. The highest BCUT2D eigenvalue weighted by Crippen LogP contribution is 2.67. The number of hydrogen-bond acceptors (Lipinski definition) is 1. The molecule has 2 rings (SSSR count). The lowest BCUT2D eigenvalue weighted by atomic mass is 10.1. The summed E-state index contributed by atoms with van der Waals surface area (Å²) in [7, 11) is 0. The molecular formula is C10H15Br2NO. The summed E-state index contributed by atoms with van der Waals surface area (Å²) in [6.07, 6.45) is 4.50. The number of carbonyl (C=O) groups excluding carboxylic acids is 1. The van der Waals surface area contributed by atoms with Crippen molar-refractivity contribution in [2.24, 2.45) is 5.41 Å². The zero-order valence-corrected chi connectivity index (χ0v) is 11.5. The molecule has 0 aromatic heterocycles. The third kappa shape index (κ3) is 1.64. The summed E-state index contributed by atoms with van der Waals surface area (Å²) < 4.78 is -0.137. The smallest absolute Gasteiger partial charge is 0.230 e. The van der Waals surface area contributed by atoms with Gasteiger partial charge in [-0.3, -0.25) is 4.79 Å². The Balaban J connectivity index is 2.02. The molecule has 1 unspecified atom stereocenters. The fourth-order valence-corrected chi connectivity index (χ4v) is 3.54. The number of halogens is 2. The Hall–Kier alpha value is 0.430. The van der Waals surface area contributed by atoms with E-state index >= 15 is 0 Å². The third-order valence-electron chi connectivity index (χ3n) is 3.37. The van der Waals surface area contributed by atoms with E-state index in [1.54, 1.807) is 0 Å². The molecule has 1 aliphatic carbocycles. The van der Waals surface area contributed by atoms with Crippen molar-refractivity contribution in [3.63, 3.8) is 0 Å². The van der Waals surface area contributed by atoms with E-state index in [4.69, 9.17) is 0 Å². The Bertz CT molecular complexity index is 261. The molecule has 0 N–H and O–H groups in total. The zero-order chi connectivity index (χ0) is 10.4. The molecule has 14 heavy (non-hydrogen) atoms. The van der Waals surface area contributed by atoms with E-state index in [-0.39, 0.29) is 8.65 Å². The number of amides is 1. The summed E-state index contributed by atoms with van der Waals surface area (Å²) in [6, 6.07) is 0. The lowest BCUT2D eigenvalue weighted by molar-refractivity contribution is -0.137. The number of piperidine rings is 1. The van der Waals surface area contributed by atoms with Crippen LogP contribution in [0.2, 0.25) is 0 Å². The predicted octanol–water partition coefficient (Wildman–Crippen LogP) is 2.90. The summed E-state index contributed by atoms with van der Waals surface area (Å²) in [4.78, 5) is 14.2. The monoisotopic (exact) mass is 323 g/mol. The van der Waals surface area contributed by atoms with E-state index < -0.39 is 0 Å². The summed E-state index contributed by atoms with van der Waals surface area (Å²) in [5, 5.41) is 0. The molecule has 2 nitrogen and oxygen atoms in total. The van der Waals surface area contributed by atoms with Crippen molar-refractivity contribution < 1.29 is 4.79 Å². The molecule has 1 amide bonds. The van der Waals surface area contributed by atoms with Crippen molar-refractivity contribution in [3.8, 4) is 0 Å². The van der Waals surface area contributed by atoms with E-state index in [1.165, 1.54) is 19.3 Å². The van der Waals surface area contributed by atoms with E-state index in [0.29, 0.717) is 5.91 Å². The van der Waals surface area contributed by atoms with Crippen LogP contribution in [0.15, 0.2) is 0 Å². The molecule has 0 aromatic carbocycles. The van der Waals surface area contributed by atoms with Gasteiger partial charge in [0.05, 0.1) is 8.65 Å². The average Bonchev–Trinajstić information content (AvgIpc) is 2.68. The van der Waals surface area contributed by atoms with Gasteiger partial charge in [0.2, 0.25) is 5.91 Å². The standard InChI is InChI=1S/C10H15Br2NO/c1-9(7-10(9,11)12)8(14)13-5-3-2-4-6-13/h2-7H2,1H3. The maximum absolute atomic E-state index is 12.2. The molecule has 2 fully saturated rings. The first-order chi connectivity index (χ1) is 6.47. The number of carbonyl (C=O) groups is 1. The van der Waals surface area contributed by atoms with E-state index in [1.807, 2.05) is 11.8 Å². The van der Waals surface area contributed by atoms with Gasteiger partial charge < -0.3 is 4.90 Å². The minimum atomic E-state index is -0.218. The molecule has 4 heteroatoms. The quantitative estimate of drug-likeness (QED) is 0.679. The number of likely N-dealkylation sites (tertiary alicyclic amines) is 1. The van der Waals surface area contributed by atoms with Gasteiger partial charge in [-0.15, -0.1) is 0 Å². The van der Waals surface area contributed by atoms with Crippen molar-refractivity contribution in [2.45, 2.75) is 35.8 Å². The minimum absolute atomic E-state index is 0.137. The van der Waals surface area contributed by atoms with Gasteiger partial charge >= 0.3 is 0 Å². The molecule has 0 radical (unpaired) electrons. The second-order valence-corrected chi connectivity index (χ2v) is 8.34. The molecule has 2 aliphatic rings. The molecule has 1 heterocycles. The number of rotatable bonds is 1. The van der Waals surface area contributed by atoms with Crippen LogP contribution in [0, 0.1) is 5.41 Å². The van der Waals surface area contributed by atoms with Gasteiger partial charge in [-0.05, 0) is 32.6 Å². The Kier molecular flexibility index (Phi) is 2.71. The van der Waals surface area contributed by atoms with Crippen LogP contribution in [0.1, 0.15) is 32.6 Å². The zero-order valence-electron chi connectivity index (χ0n) is 8.35. The highest BCUT2D eigenvalue weighted by atomic mass is 79.9. The lowest BCUT2D eigenvalue weighted by Gasteiger charge is -2.30. The van der Waals surface area contributed by atoms with Gasteiger partial charge in [-0.25, -0.2) is 0 Å². The third-order valence-corrected chi connectivity index (χ3v) is 5.68. The fourth-order valence-electron chi connectivity index (χ4n) is 2.08. The number of nitrogens with zero attached hydrogens (tertiary/aromatic N) is 1. The van der Waals surface area contributed by atoms with Gasteiger partial charge in [0.25, 0.3) is 0 Å². The molecule has 1 saturated heterocycles. The highest BCUT2D eigenvalue weighted by molar-refractivity contribution is 9.25. The number of hydrogen-bond donors (Lipinski definition) is 0. The Labute approximate surface area is 102 Å². The molecule has 1 aliphatic heterocycles. The first-order valence-electron chi connectivity index (χ1n) is 5.15. The second-order valence-electron chi connectivity index (χ2n) is 4.57. The lowest BCUT2D eigenvalue weighted by Crippen LogP contribution is -2.41. The molecule has 0 aromatic rings. The van der Waals surface area contributed by atoms with E-state index in [0.717, 1.165) is 19.5 Å². The Morgan fingerprint density at radius 2 is 1.71 bits per heavy atom. The molecule has 0 bridgehead atoms. The van der Waals surface area contributed by atoms with Gasteiger partial charge in [0.15, 0.2) is 0 Å². The van der Waals surface area contributed by atoms with Gasteiger partial charge in [-0.1, -0.05) is 31.9 Å². The van der Waals surface area contributed by atoms with Crippen molar-refractivity contribution in [1.82, 2.24) is 4.90 Å². The van der Waals surface area contributed by atoms with Crippen molar-refractivity contribution in [3.05, 3.63) is 0 Å². The van der Waals surface area contributed by atoms with Crippen LogP contribution in [-0.2, 0) is 4.79 Å². The van der Waals surface area contributed by atoms with Crippen molar-refractivity contribution in [2.75, 3.05) is 13.1 Å². The highest BCUT2D eigenvalue weighted by Gasteiger charge is 2.67. The Morgan fingerprint density at radius 1 is 1.21 bits per heavy atom. The first-order valence-corrected chi connectivity index (χ1v) is 6.73. The molecule has 80 valence electrons. The van der Waals surface area contributed by atoms with Gasteiger partial charge in [0, 0.05) is 13.1 Å². The normalized spacial score (nSPS) is 35.5. The largest absolute Gasteiger partial charge is 0.342 e. The second kappa shape index (κ2) is 3.48. The summed E-state index contributed by atoms with van der Waals surface area (Å²) >= 11 is 7.09. The molecule has 0 spiro atoms. The molecular weight excluding hydrogens is 310 g/mol. The van der Waals surface area contributed by atoms with Crippen LogP contribution >= 0.6 is 31.9 Å². The van der Waals surface area contributed by atoms with Crippen LogP contribution in [0.3, 0.4) is 0 Å². The van der Waals surface area contributed by atoms with Crippen LogP contribution < -0.4 is 0 Å². The van der Waals surface area contributed by atoms with Gasteiger partial charge in [0.1, 0.15) is 0 Å². The van der Waals surface area contributed by atoms with Crippen LogP contribution in [0.25, 0.3) is 0 Å². The van der Waals surface area contributed by atoms with Crippen LogP contribution in [0.4, 0.5) is 0 Å². The fraction of sp³-hybridized carbons (Fsp3) is 0.900. The SMILES string of the molecule is CC1(C(=O)N2CCCCC2)CC1(Br)Br. The molecule has 1 atom stereocenters. The maximum Gasteiger partial charge on any atom is 0.230 e. The maximum atomic E-state index is 12.2. The van der Waals surface area contributed by atoms with E-state index in [9.17, 15) is 4.79 Å². The van der Waals surface area contributed by atoms with Crippen molar-refractivity contribution >= 4 is 37.8 Å². The van der Waals surface area contributed by atoms with Crippen molar-refractivity contribution in [1.29, 1.82) is 0 Å². The average molecular weight is 325 g/mol. The van der Waals surface area contributed by atoms with Crippen LogP contribution in [0.5, 0.6) is 0 Å².